The van der Waals surface area contributed by atoms with Gasteiger partial charge in [0.1, 0.15) is 6.04 Å². The van der Waals surface area contributed by atoms with Gasteiger partial charge in [-0.3, -0.25) is 14.5 Å². The quantitative estimate of drug-likeness (QED) is 0.645. The normalized spacial score (nSPS) is 24.1. The molecule has 2 aliphatic rings. The highest BCUT2D eigenvalue weighted by Gasteiger charge is 2.46. The third kappa shape index (κ3) is 2.79. The number of carbonyl (C=O) groups is 3. The molecule has 7 nitrogen and oxygen atoms in total. The molecular formula is C18H21N4O3S+. The molecule has 2 saturated heterocycles. The summed E-state index contributed by atoms with van der Waals surface area (Å²) in [6, 6.07) is 7.69. The first-order valence-corrected chi connectivity index (χ1v) is 9.79. The average Bonchev–Trinajstić information content (AvgIpc) is 3.17. The summed E-state index contributed by atoms with van der Waals surface area (Å²) in [6.45, 7) is 3.00. The maximum absolute atomic E-state index is 12.4. The van der Waals surface area contributed by atoms with E-state index in [9.17, 15) is 14.4 Å². The zero-order chi connectivity index (χ0) is 18.3. The van der Waals surface area contributed by atoms with Crippen LogP contribution in [0.2, 0.25) is 0 Å². The highest BCUT2D eigenvalue weighted by Crippen LogP contribution is 2.28. The number of amides is 4. The lowest BCUT2D eigenvalue weighted by Crippen LogP contribution is -3.14. The molecule has 1 aromatic carbocycles. The van der Waals surface area contributed by atoms with E-state index in [2.05, 4.69) is 6.07 Å². The molecule has 1 unspecified atom stereocenters. The van der Waals surface area contributed by atoms with Crippen LogP contribution < -0.4 is 4.90 Å². The minimum Gasteiger partial charge on any atom is -0.309 e. The predicted octanol–water partition coefficient (Wildman–Crippen LogP) is 1.17. The molecule has 2 atom stereocenters. The van der Waals surface area contributed by atoms with Gasteiger partial charge in [0.05, 0.1) is 16.8 Å². The summed E-state index contributed by atoms with van der Waals surface area (Å²) in [5.41, 5.74) is 0.984. The number of fused-ring (bicyclic) bond motifs is 1. The van der Waals surface area contributed by atoms with Crippen molar-refractivity contribution in [3.63, 3.8) is 0 Å². The average molecular weight is 373 g/mol. The molecule has 2 fully saturated rings. The fourth-order valence-electron chi connectivity index (χ4n) is 3.78. The van der Waals surface area contributed by atoms with Gasteiger partial charge in [-0.05, 0) is 31.9 Å². The summed E-state index contributed by atoms with van der Waals surface area (Å²) in [5.74, 6) is -1.43. The van der Waals surface area contributed by atoms with Gasteiger partial charge in [-0.2, -0.15) is 0 Å². The van der Waals surface area contributed by atoms with Crippen LogP contribution in [0.3, 0.4) is 0 Å². The molecule has 2 aromatic rings. The number of rotatable bonds is 4. The van der Waals surface area contributed by atoms with E-state index >= 15 is 0 Å². The van der Waals surface area contributed by atoms with Crippen LogP contribution >= 0.6 is 11.3 Å². The second-order valence-electron chi connectivity index (χ2n) is 6.70. The van der Waals surface area contributed by atoms with Crippen molar-refractivity contribution in [3.8, 4) is 0 Å². The molecular weight excluding hydrogens is 352 g/mol. The Labute approximate surface area is 155 Å². The number of likely N-dealkylation sites (N-methyl/N-ethyl adjacent to an activating group) is 1. The highest BCUT2D eigenvalue weighted by molar-refractivity contribution is 7.18. The minimum atomic E-state index is -0.717. The van der Waals surface area contributed by atoms with E-state index in [1.165, 1.54) is 0 Å². The summed E-state index contributed by atoms with van der Waals surface area (Å²) in [7, 11) is 0. The molecule has 1 N–H and O–H groups in total. The van der Waals surface area contributed by atoms with Crippen molar-refractivity contribution in [2.45, 2.75) is 32.2 Å². The first-order chi connectivity index (χ1) is 12.6. The lowest BCUT2D eigenvalue weighted by molar-refractivity contribution is -0.943. The number of hydrogen-bond acceptors (Lipinski definition) is 5. The Morgan fingerprint density at radius 3 is 2.65 bits per heavy atom. The summed E-state index contributed by atoms with van der Waals surface area (Å²) < 4.78 is 1.15. The van der Waals surface area contributed by atoms with E-state index in [-0.39, 0.29) is 19.3 Å². The van der Waals surface area contributed by atoms with Crippen LogP contribution in [0.25, 0.3) is 10.2 Å². The number of aromatic nitrogens is 1. The Balaban J connectivity index is 1.59. The topological polar surface area (TPSA) is 75.0 Å². The SMILES string of the molecule is CCN1C(=O)C(=O)N(C[NH+]2CCCC[C@@H]2c2nc3ccccc3s2)C1=O. The number of quaternary nitrogens is 1. The van der Waals surface area contributed by atoms with E-state index in [1.807, 2.05) is 18.2 Å². The zero-order valence-electron chi connectivity index (χ0n) is 14.6. The maximum Gasteiger partial charge on any atom is 0.338 e. The number of nitrogens with one attached hydrogen (secondary N) is 1. The van der Waals surface area contributed by atoms with Crippen molar-refractivity contribution >= 4 is 39.4 Å². The Hall–Kier alpha value is -2.32. The number of likely N-dealkylation sites (tertiary alicyclic amines) is 1. The fourth-order valence-corrected chi connectivity index (χ4v) is 4.94. The number of urea groups is 1. The number of thiazole rings is 1. The van der Waals surface area contributed by atoms with Crippen LogP contribution in [-0.4, -0.2) is 52.4 Å². The second-order valence-corrected chi connectivity index (χ2v) is 7.76. The number of piperidine rings is 1. The lowest BCUT2D eigenvalue weighted by atomic mass is 10.0. The van der Waals surface area contributed by atoms with Crippen LogP contribution in [-0.2, 0) is 9.59 Å². The Morgan fingerprint density at radius 2 is 1.92 bits per heavy atom. The number of nitrogens with zero attached hydrogens (tertiary/aromatic N) is 3. The Kier molecular flexibility index (Phi) is 4.46. The summed E-state index contributed by atoms with van der Waals surface area (Å²) >= 11 is 1.67. The first kappa shape index (κ1) is 17.1. The van der Waals surface area contributed by atoms with Crippen molar-refractivity contribution < 1.29 is 19.3 Å². The highest BCUT2D eigenvalue weighted by atomic mass is 32.1. The number of benzene rings is 1. The fraction of sp³-hybridized carbons (Fsp3) is 0.444. The zero-order valence-corrected chi connectivity index (χ0v) is 15.4. The van der Waals surface area contributed by atoms with Gasteiger partial charge in [0.15, 0.2) is 11.7 Å². The molecule has 136 valence electrons. The van der Waals surface area contributed by atoms with Gasteiger partial charge in [0.25, 0.3) is 0 Å². The van der Waals surface area contributed by atoms with Gasteiger partial charge in [-0.15, -0.1) is 11.3 Å². The lowest BCUT2D eigenvalue weighted by Gasteiger charge is -2.32. The van der Waals surface area contributed by atoms with E-state index in [1.54, 1.807) is 18.3 Å². The summed E-state index contributed by atoms with van der Waals surface area (Å²) in [5, 5.41) is 1.04. The molecule has 2 aliphatic heterocycles. The summed E-state index contributed by atoms with van der Waals surface area (Å²) in [6.07, 6.45) is 3.11. The van der Waals surface area contributed by atoms with Crippen LogP contribution in [0.1, 0.15) is 37.2 Å². The molecule has 8 heteroatoms. The third-order valence-electron chi connectivity index (χ3n) is 5.15. The van der Waals surface area contributed by atoms with Crippen LogP contribution in [0.4, 0.5) is 4.79 Å². The Bertz CT molecular complexity index is 847. The molecule has 0 bridgehead atoms. The molecule has 4 amide bonds. The van der Waals surface area contributed by atoms with E-state index in [0.29, 0.717) is 0 Å². The smallest absolute Gasteiger partial charge is 0.309 e. The van der Waals surface area contributed by atoms with E-state index in [0.717, 1.165) is 55.7 Å². The predicted molar refractivity (Wildman–Crippen MR) is 96.5 cm³/mol. The van der Waals surface area contributed by atoms with E-state index < -0.39 is 17.8 Å². The van der Waals surface area contributed by atoms with Gasteiger partial charge in [-0.1, -0.05) is 12.1 Å². The first-order valence-electron chi connectivity index (χ1n) is 8.97. The van der Waals surface area contributed by atoms with Crippen molar-refractivity contribution in [3.05, 3.63) is 29.3 Å². The molecule has 0 saturated carbocycles. The minimum absolute atomic E-state index is 0.146. The molecule has 0 radical (unpaired) electrons. The standard InChI is InChI=1S/C18H20N4O3S/c1-2-21-16(23)17(24)22(18(21)25)11-20-10-6-5-8-13(20)15-19-12-7-3-4-9-14(12)26-15/h3-4,7,9,13H,2,5-6,8,10-11H2,1H3/p+1/t13-/m1/s1. The van der Waals surface area contributed by atoms with Gasteiger partial charge in [-0.25, -0.2) is 14.7 Å². The van der Waals surface area contributed by atoms with Crippen molar-refractivity contribution in [1.29, 1.82) is 0 Å². The summed E-state index contributed by atoms with van der Waals surface area (Å²) in [4.78, 5) is 44.6. The molecule has 0 aliphatic carbocycles. The van der Waals surface area contributed by atoms with Crippen molar-refractivity contribution in [1.82, 2.24) is 14.8 Å². The van der Waals surface area contributed by atoms with Gasteiger partial charge in [0.2, 0.25) is 0 Å². The molecule has 3 heterocycles. The third-order valence-corrected chi connectivity index (χ3v) is 6.30. The number of carbonyl (C=O) groups excluding carboxylic acids is 3. The van der Waals surface area contributed by atoms with Crippen molar-refractivity contribution in [2.75, 3.05) is 19.8 Å². The second kappa shape index (κ2) is 6.77. The van der Waals surface area contributed by atoms with Crippen LogP contribution in [0.15, 0.2) is 24.3 Å². The van der Waals surface area contributed by atoms with Crippen LogP contribution in [0.5, 0.6) is 0 Å². The molecule has 0 spiro atoms. The molecule has 4 rings (SSSR count). The van der Waals surface area contributed by atoms with Gasteiger partial charge >= 0.3 is 17.8 Å². The van der Waals surface area contributed by atoms with Gasteiger partial charge < -0.3 is 4.90 Å². The van der Waals surface area contributed by atoms with Crippen LogP contribution in [0, 0.1) is 0 Å². The largest absolute Gasteiger partial charge is 0.338 e. The molecule has 1 aromatic heterocycles. The Morgan fingerprint density at radius 1 is 1.15 bits per heavy atom. The van der Waals surface area contributed by atoms with Crippen molar-refractivity contribution in [2.24, 2.45) is 0 Å². The number of para-hydroxylation sites is 1. The van der Waals surface area contributed by atoms with E-state index in [4.69, 9.17) is 4.98 Å². The number of imide groups is 2. The maximum atomic E-state index is 12.4. The molecule has 26 heavy (non-hydrogen) atoms. The monoisotopic (exact) mass is 373 g/mol. The van der Waals surface area contributed by atoms with Gasteiger partial charge in [0, 0.05) is 13.0 Å². The number of hydrogen-bond donors (Lipinski definition) is 1.